The third-order valence-corrected chi connectivity index (χ3v) is 2.99. The van der Waals surface area contributed by atoms with Gasteiger partial charge in [0.15, 0.2) is 6.29 Å². The van der Waals surface area contributed by atoms with Crippen LogP contribution in [0.15, 0.2) is 18.3 Å². The lowest BCUT2D eigenvalue weighted by molar-refractivity contribution is 0.112. The first kappa shape index (κ1) is 10.7. The fraction of sp³-hybridized carbons (Fsp3) is 0. The van der Waals surface area contributed by atoms with Crippen molar-refractivity contribution < 1.29 is 4.79 Å². The molecule has 1 aromatic heterocycles. The highest BCUT2D eigenvalue weighted by atomic mass is 35.5. The molecule has 2 aromatic rings. The molecule has 0 radical (unpaired) electrons. The van der Waals surface area contributed by atoms with Crippen molar-refractivity contribution in [1.82, 2.24) is 4.98 Å². The van der Waals surface area contributed by atoms with Crippen LogP contribution in [0.2, 0.25) is 15.1 Å². The minimum absolute atomic E-state index is 0.315. The molecule has 0 atom stereocenters. The topological polar surface area (TPSA) is 30.0 Å². The molecular formula is C10H4Cl3NO. The molecule has 0 saturated heterocycles. The van der Waals surface area contributed by atoms with Gasteiger partial charge in [0.25, 0.3) is 0 Å². The van der Waals surface area contributed by atoms with Crippen molar-refractivity contribution in [2.24, 2.45) is 0 Å². The smallest absolute Gasteiger partial charge is 0.152 e. The molecule has 0 N–H and O–H groups in total. The Morgan fingerprint density at radius 3 is 2.60 bits per heavy atom. The number of hydrogen-bond acceptors (Lipinski definition) is 2. The third kappa shape index (κ3) is 1.81. The number of pyridine rings is 1. The second-order valence-electron chi connectivity index (χ2n) is 2.93. The highest BCUT2D eigenvalue weighted by molar-refractivity contribution is 6.46. The van der Waals surface area contributed by atoms with Gasteiger partial charge in [0.05, 0.1) is 20.6 Å². The summed E-state index contributed by atoms with van der Waals surface area (Å²) in [6.45, 7) is 0. The zero-order valence-electron chi connectivity index (χ0n) is 7.30. The summed E-state index contributed by atoms with van der Waals surface area (Å²) < 4.78 is 0. The van der Waals surface area contributed by atoms with Crippen LogP contribution in [-0.4, -0.2) is 11.3 Å². The van der Waals surface area contributed by atoms with E-state index in [1.54, 1.807) is 6.07 Å². The molecule has 15 heavy (non-hydrogen) atoms. The number of benzene rings is 1. The first-order valence-electron chi connectivity index (χ1n) is 4.02. The van der Waals surface area contributed by atoms with Crippen LogP contribution in [0.25, 0.3) is 10.9 Å². The number of nitrogens with zero attached hydrogens (tertiary/aromatic N) is 1. The highest BCUT2D eigenvalue weighted by Gasteiger charge is 2.10. The van der Waals surface area contributed by atoms with Gasteiger partial charge in [-0.3, -0.25) is 9.78 Å². The first-order valence-corrected chi connectivity index (χ1v) is 5.15. The average molecular weight is 261 g/mol. The molecule has 0 aliphatic rings. The number of fused-ring (bicyclic) bond motifs is 1. The van der Waals surface area contributed by atoms with Crippen LogP contribution in [0.4, 0.5) is 0 Å². The van der Waals surface area contributed by atoms with Gasteiger partial charge in [-0.1, -0.05) is 34.8 Å². The molecule has 1 aromatic carbocycles. The summed E-state index contributed by atoms with van der Waals surface area (Å²) in [5.41, 5.74) is 0.903. The van der Waals surface area contributed by atoms with E-state index < -0.39 is 0 Å². The number of hydrogen-bond donors (Lipinski definition) is 0. The molecule has 76 valence electrons. The summed E-state index contributed by atoms with van der Waals surface area (Å²) in [5, 5.41) is 1.70. The molecule has 2 nitrogen and oxygen atoms in total. The largest absolute Gasteiger partial charge is 0.298 e. The Hall–Kier alpha value is -0.830. The van der Waals surface area contributed by atoms with Gasteiger partial charge in [0.1, 0.15) is 0 Å². The van der Waals surface area contributed by atoms with Crippen LogP contribution >= 0.6 is 34.8 Å². The minimum Gasteiger partial charge on any atom is -0.298 e. The van der Waals surface area contributed by atoms with E-state index in [0.29, 0.717) is 37.8 Å². The monoisotopic (exact) mass is 259 g/mol. The maximum atomic E-state index is 10.8. The van der Waals surface area contributed by atoms with Crippen LogP contribution in [0.3, 0.4) is 0 Å². The number of rotatable bonds is 1. The van der Waals surface area contributed by atoms with Crippen LogP contribution in [0.1, 0.15) is 10.4 Å². The van der Waals surface area contributed by atoms with Crippen molar-refractivity contribution in [1.29, 1.82) is 0 Å². The Kier molecular flexibility index (Phi) is 2.83. The number of aromatic nitrogens is 1. The Balaban J connectivity index is 2.96. The lowest BCUT2D eigenvalue weighted by atomic mass is 10.1. The molecule has 0 bridgehead atoms. The fourth-order valence-corrected chi connectivity index (χ4v) is 1.90. The standard InChI is InChI=1S/C10H4Cl3NO/c11-6-2-7-9(13)8(12)1-5(4-15)10(7)14-3-6/h1-4H. The Labute approximate surface area is 101 Å². The van der Waals surface area contributed by atoms with Gasteiger partial charge in [0, 0.05) is 17.1 Å². The Bertz CT molecular complexity index is 554. The maximum absolute atomic E-state index is 10.8. The average Bonchev–Trinajstić information content (AvgIpc) is 2.23. The lowest BCUT2D eigenvalue weighted by Gasteiger charge is -2.04. The molecule has 0 amide bonds. The van der Waals surface area contributed by atoms with Gasteiger partial charge >= 0.3 is 0 Å². The van der Waals surface area contributed by atoms with E-state index in [1.807, 2.05) is 0 Å². The predicted octanol–water partition coefficient (Wildman–Crippen LogP) is 4.01. The molecular weight excluding hydrogens is 256 g/mol. The second kappa shape index (κ2) is 3.97. The molecule has 0 unspecified atom stereocenters. The van der Waals surface area contributed by atoms with Crippen LogP contribution in [0.5, 0.6) is 0 Å². The fourth-order valence-electron chi connectivity index (χ4n) is 1.32. The van der Waals surface area contributed by atoms with Gasteiger partial charge in [-0.25, -0.2) is 0 Å². The molecule has 2 rings (SSSR count). The van der Waals surface area contributed by atoms with Gasteiger partial charge in [-0.2, -0.15) is 0 Å². The number of halogens is 3. The molecule has 0 aliphatic carbocycles. The van der Waals surface area contributed by atoms with Gasteiger partial charge < -0.3 is 0 Å². The summed E-state index contributed by atoms with van der Waals surface area (Å²) in [7, 11) is 0. The zero-order valence-corrected chi connectivity index (χ0v) is 9.57. The van der Waals surface area contributed by atoms with Crippen molar-refractivity contribution in [3.05, 3.63) is 39.0 Å². The Morgan fingerprint density at radius 1 is 1.20 bits per heavy atom. The van der Waals surface area contributed by atoms with Crippen LogP contribution in [-0.2, 0) is 0 Å². The van der Waals surface area contributed by atoms with E-state index in [-0.39, 0.29) is 0 Å². The predicted molar refractivity (Wildman–Crippen MR) is 62.2 cm³/mol. The summed E-state index contributed by atoms with van der Waals surface area (Å²) in [4.78, 5) is 14.8. The third-order valence-electron chi connectivity index (χ3n) is 1.98. The van der Waals surface area contributed by atoms with Crippen molar-refractivity contribution in [3.63, 3.8) is 0 Å². The molecule has 0 saturated carbocycles. The number of carbonyl (C=O) groups is 1. The van der Waals surface area contributed by atoms with E-state index in [4.69, 9.17) is 34.8 Å². The van der Waals surface area contributed by atoms with E-state index >= 15 is 0 Å². The van der Waals surface area contributed by atoms with Gasteiger partial charge in [-0.05, 0) is 12.1 Å². The van der Waals surface area contributed by atoms with Crippen molar-refractivity contribution in [3.8, 4) is 0 Å². The lowest BCUT2D eigenvalue weighted by Crippen LogP contribution is -1.89. The SMILES string of the molecule is O=Cc1cc(Cl)c(Cl)c2cc(Cl)cnc12. The molecule has 5 heteroatoms. The molecule has 1 heterocycles. The van der Waals surface area contributed by atoms with E-state index in [9.17, 15) is 4.79 Å². The number of aldehydes is 1. The van der Waals surface area contributed by atoms with Gasteiger partial charge in [-0.15, -0.1) is 0 Å². The first-order chi connectivity index (χ1) is 7.13. The molecule has 0 spiro atoms. The quantitative estimate of drug-likeness (QED) is 0.725. The van der Waals surface area contributed by atoms with E-state index in [0.717, 1.165) is 0 Å². The second-order valence-corrected chi connectivity index (χ2v) is 4.15. The van der Waals surface area contributed by atoms with Crippen molar-refractivity contribution >= 4 is 52.0 Å². The van der Waals surface area contributed by atoms with E-state index in [1.165, 1.54) is 12.3 Å². The van der Waals surface area contributed by atoms with E-state index in [2.05, 4.69) is 4.98 Å². The zero-order chi connectivity index (χ0) is 11.0. The maximum Gasteiger partial charge on any atom is 0.152 e. The normalized spacial score (nSPS) is 10.6. The Morgan fingerprint density at radius 2 is 1.93 bits per heavy atom. The van der Waals surface area contributed by atoms with Crippen LogP contribution < -0.4 is 0 Å². The van der Waals surface area contributed by atoms with Crippen LogP contribution in [0, 0.1) is 0 Å². The van der Waals surface area contributed by atoms with Gasteiger partial charge in [0.2, 0.25) is 0 Å². The summed E-state index contributed by atoms with van der Waals surface area (Å²) in [5.74, 6) is 0. The number of carbonyl (C=O) groups excluding carboxylic acids is 1. The summed E-state index contributed by atoms with van der Waals surface area (Å²) in [6.07, 6.45) is 2.15. The molecule has 0 aliphatic heterocycles. The van der Waals surface area contributed by atoms with Crippen molar-refractivity contribution in [2.45, 2.75) is 0 Å². The van der Waals surface area contributed by atoms with Crippen molar-refractivity contribution in [2.75, 3.05) is 0 Å². The molecule has 0 fully saturated rings. The minimum atomic E-state index is 0.315. The highest BCUT2D eigenvalue weighted by Crippen LogP contribution is 2.33. The summed E-state index contributed by atoms with van der Waals surface area (Å²) in [6, 6.07) is 3.12. The summed E-state index contributed by atoms with van der Waals surface area (Å²) >= 11 is 17.6.